The van der Waals surface area contributed by atoms with Gasteiger partial charge in [-0.3, -0.25) is 0 Å². The van der Waals surface area contributed by atoms with Crippen LogP contribution in [0.4, 0.5) is 0 Å². The van der Waals surface area contributed by atoms with Gasteiger partial charge in [-0.15, -0.1) is 0 Å². The standard InChI is InChI=1S/C16H22N2/c1-12(17)11-16(18(2)3)15-10-6-8-13-7-4-5-9-14(13)15/h4-10,12,16H,11,17H2,1-3H3. The number of fused-ring (bicyclic) bond motifs is 1. The lowest BCUT2D eigenvalue weighted by Gasteiger charge is -2.27. The third-order valence-electron chi connectivity index (χ3n) is 3.40. The molecule has 0 saturated carbocycles. The molecule has 2 nitrogen and oxygen atoms in total. The molecule has 0 spiro atoms. The average molecular weight is 242 g/mol. The molecular formula is C16H22N2. The van der Waals surface area contributed by atoms with E-state index in [9.17, 15) is 0 Å². The molecule has 0 aliphatic rings. The predicted molar refractivity (Wildman–Crippen MR) is 78.6 cm³/mol. The van der Waals surface area contributed by atoms with Crippen molar-refractivity contribution in [2.75, 3.05) is 14.1 Å². The Labute approximate surface area is 109 Å². The van der Waals surface area contributed by atoms with Crippen LogP contribution >= 0.6 is 0 Å². The quantitative estimate of drug-likeness (QED) is 0.892. The highest BCUT2D eigenvalue weighted by molar-refractivity contribution is 5.86. The summed E-state index contributed by atoms with van der Waals surface area (Å²) in [6.07, 6.45) is 0.973. The van der Waals surface area contributed by atoms with E-state index < -0.39 is 0 Å². The summed E-state index contributed by atoms with van der Waals surface area (Å²) in [5, 5.41) is 2.63. The van der Waals surface area contributed by atoms with Crippen molar-refractivity contribution in [1.29, 1.82) is 0 Å². The van der Waals surface area contributed by atoms with Crippen LogP contribution in [-0.2, 0) is 0 Å². The second-order valence-electron chi connectivity index (χ2n) is 5.26. The highest BCUT2D eigenvalue weighted by Crippen LogP contribution is 2.29. The van der Waals surface area contributed by atoms with Gasteiger partial charge in [-0.1, -0.05) is 42.5 Å². The molecule has 2 unspecified atom stereocenters. The first kappa shape index (κ1) is 13.1. The molecular weight excluding hydrogens is 220 g/mol. The minimum absolute atomic E-state index is 0.205. The summed E-state index contributed by atoms with van der Waals surface area (Å²) in [5.74, 6) is 0. The van der Waals surface area contributed by atoms with Crippen molar-refractivity contribution in [3.63, 3.8) is 0 Å². The van der Waals surface area contributed by atoms with Gasteiger partial charge >= 0.3 is 0 Å². The molecule has 18 heavy (non-hydrogen) atoms. The van der Waals surface area contributed by atoms with Crippen LogP contribution in [0.1, 0.15) is 24.9 Å². The van der Waals surface area contributed by atoms with Crippen molar-refractivity contribution < 1.29 is 0 Å². The van der Waals surface area contributed by atoms with Gasteiger partial charge in [-0.25, -0.2) is 0 Å². The van der Waals surface area contributed by atoms with Gasteiger partial charge < -0.3 is 10.6 Å². The van der Waals surface area contributed by atoms with Crippen LogP contribution in [0.3, 0.4) is 0 Å². The summed E-state index contributed by atoms with van der Waals surface area (Å²) >= 11 is 0. The largest absolute Gasteiger partial charge is 0.328 e. The molecule has 2 aromatic carbocycles. The lowest BCUT2D eigenvalue weighted by molar-refractivity contribution is 0.274. The third-order valence-corrected chi connectivity index (χ3v) is 3.40. The van der Waals surface area contributed by atoms with E-state index in [0.717, 1.165) is 6.42 Å². The number of hydrogen-bond acceptors (Lipinski definition) is 2. The minimum Gasteiger partial charge on any atom is -0.328 e. The predicted octanol–water partition coefficient (Wildman–Crippen LogP) is 3.18. The van der Waals surface area contributed by atoms with Crippen molar-refractivity contribution in [3.05, 3.63) is 48.0 Å². The lowest BCUT2D eigenvalue weighted by Crippen LogP contribution is -2.27. The fourth-order valence-electron chi connectivity index (χ4n) is 2.51. The summed E-state index contributed by atoms with van der Waals surface area (Å²) < 4.78 is 0. The molecule has 0 radical (unpaired) electrons. The molecule has 0 aromatic heterocycles. The number of hydrogen-bond donors (Lipinski definition) is 1. The van der Waals surface area contributed by atoms with E-state index in [1.807, 2.05) is 0 Å². The van der Waals surface area contributed by atoms with Crippen molar-refractivity contribution in [3.8, 4) is 0 Å². The van der Waals surface area contributed by atoms with E-state index in [2.05, 4.69) is 68.4 Å². The molecule has 96 valence electrons. The van der Waals surface area contributed by atoms with E-state index in [1.165, 1.54) is 16.3 Å². The number of benzene rings is 2. The molecule has 0 saturated heterocycles. The van der Waals surface area contributed by atoms with Gasteiger partial charge in [0.25, 0.3) is 0 Å². The first-order chi connectivity index (χ1) is 8.59. The van der Waals surface area contributed by atoms with Gasteiger partial charge in [0, 0.05) is 12.1 Å². The zero-order valence-electron chi connectivity index (χ0n) is 11.4. The Morgan fingerprint density at radius 2 is 1.72 bits per heavy atom. The second kappa shape index (κ2) is 5.51. The maximum atomic E-state index is 5.99. The number of nitrogens with zero attached hydrogens (tertiary/aromatic N) is 1. The highest BCUT2D eigenvalue weighted by atomic mass is 15.1. The van der Waals surface area contributed by atoms with Gasteiger partial charge in [0.1, 0.15) is 0 Å². The van der Waals surface area contributed by atoms with E-state index in [-0.39, 0.29) is 6.04 Å². The summed E-state index contributed by atoms with van der Waals surface area (Å²) in [7, 11) is 4.24. The van der Waals surface area contributed by atoms with Crippen molar-refractivity contribution in [1.82, 2.24) is 4.90 Å². The van der Waals surface area contributed by atoms with Crippen LogP contribution in [0.25, 0.3) is 10.8 Å². The van der Waals surface area contributed by atoms with Crippen LogP contribution in [0, 0.1) is 0 Å². The van der Waals surface area contributed by atoms with Gasteiger partial charge in [0.2, 0.25) is 0 Å². The fraction of sp³-hybridized carbons (Fsp3) is 0.375. The monoisotopic (exact) mass is 242 g/mol. The Morgan fingerprint density at radius 1 is 1.06 bits per heavy atom. The molecule has 2 atom stereocenters. The Bertz CT molecular complexity index is 512. The molecule has 0 aliphatic heterocycles. The van der Waals surface area contributed by atoms with Crippen LogP contribution in [-0.4, -0.2) is 25.0 Å². The first-order valence-corrected chi connectivity index (χ1v) is 6.49. The van der Waals surface area contributed by atoms with Gasteiger partial charge in [-0.2, -0.15) is 0 Å². The first-order valence-electron chi connectivity index (χ1n) is 6.49. The molecule has 2 N–H and O–H groups in total. The number of rotatable bonds is 4. The molecule has 0 aliphatic carbocycles. The Balaban J connectivity index is 2.50. The Hall–Kier alpha value is -1.38. The smallest absolute Gasteiger partial charge is 0.0362 e. The molecule has 2 aromatic rings. The topological polar surface area (TPSA) is 29.3 Å². The molecule has 2 heteroatoms. The minimum atomic E-state index is 0.205. The second-order valence-corrected chi connectivity index (χ2v) is 5.26. The average Bonchev–Trinajstić information content (AvgIpc) is 2.35. The van der Waals surface area contributed by atoms with Gasteiger partial charge in [0.15, 0.2) is 0 Å². The SMILES string of the molecule is CC(N)CC(c1cccc2ccccc12)N(C)C. The maximum Gasteiger partial charge on any atom is 0.0362 e. The molecule has 0 bridgehead atoms. The normalized spacial score (nSPS) is 14.9. The van der Waals surface area contributed by atoms with Crippen LogP contribution in [0.15, 0.2) is 42.5 Å². The number of nitrogens with two attached hydrogens (primary N) is 1. The summed E-state index contributed by atoms with van der Waals surface area (Å²) in [6.45, 7) is 2.07. The van der Waals surface area contributed by atoms with Crippen LogP contribution < -0.4 is 5.73 Å². The zero-order chi connectivity index (χ0) is 13.1. The molecule has 0 fully saturated rings. The maximum absolute atomic E-state index is 5.99. The van der Waals surface area contributed by atoms with Crippen LogP contribution in [0.2, 0.25) is 0 Å². The molecule has 0 heterocycles. The summed E-state index contributed by atoms with van der Waals surface area (Å²) in [5.41, 5.74) is 7.36. The Morgan fingerprint density at radius 3 is 2.39 bits per heavy atom. The van der Waals surface area contributed by atoms with Crippen molar-refractivity contribution in [2.45, 2.75) is 25.4 Å². The Kier molecular flexibility index (Phi) is 4.00. The summed E-state index contributed by atoms with van der Waals surface area (Å²) in [6, 6.07) is 15.6. The molecule has 2 rings (SSSR count). The van der Waals surface area contributed by atoms with Gasteiger partial charge in [0.05, 0.1) is 0 Å². The van der Waals surface area contributed by atoms with E-state index in [4.69, 9.17) is 5.73 Å². The van der Waals surface area contributed by atoms with E-state index in [0.29, 0.717) is 6.04 Å². The van der Waals surface area contributed by atoms with Crippen molar-refractivity contribution >= 4 is 10.8 Å². The fourth-order valence-corrected chi connectivity index (χ4v) is 2.51. The highest BCUT2D eigenvalue weighted by Gasteiger charge is 2.17. The molecule has 0 amide bonds. The van der Waals surface area contributed by atoms with Crippen LogP contribution in [0.5, 0.6) is 0 Å². The van der Waals surface area contributed by atoms with Gasteiger partial charge in [-0.05, 0) is 43.8 Å². The lowest BCUT2D eigenvalue weighted by atomic mass is 9.94. The zero-order valence-corrected chi connectivity index (χ0v) is 11.4. The van der Waals surface area contributed by atoms with E-state index >= 15 is 0 Å². The van der Waals surface area contributed by atoms with E-state index in [1.54, 1.807) is 0 Å². The van der Waals surface area contributed by atoms with Crippen molar-refractivity contribution in [2.24, 2.45) is 5.73 Å². The third kappa shape index (κ3) is 2.71. The summed E-state index contributed by atoms with van der Waals surface area (Å²) in [4.78, 5) is 2.26.